The summed E-state index contributed by atoms with van der Waals surface area (Å²) < 4.78 is 21.8. The number of likely N-dealkylation sites (tertiary alicyclic amines) is 1. The molecule has 2 atom stereocenters. The number of aliphatic hydroxyl groups excluding tert-OH is 1. The third-order valence-corrected chi connectivity index (χ3v) is 6.98. The highest BCUT2D eigenvalue weighted by atomic mass is 19.1. The number of amides is 2. The van der Waals surface area contributed by atoms with E-state index in [0.29, 0.717) is 31.1 Å². The maximum Gasteiger partial charge on any atom is 0.341 e. The van der Waals surface area contributed by atoms with Crippen LogP contribution >= 0.6 is 0 Å². The van der Waals surface area contributed by atoms with E-state index in [9.17, 15) is 14.3 Å². The molecule has 9 heteroatoms. The number of nitrogens with one attached hydrogen (secondary N) is 1. The molecule has 4 aromatic rings. The van der Waals surface area contributed by atoms with E-state index in [2.05, 4.69) is 9.98 Å². The summed E-state index contributed by atoms with van der Waals surface area (Å²) in [6.45, 7) is 1.47. The standard InChI is InChI=1S/C28H26FN5O3/c1-33-13-24(25(35)14-33)34-23-9-6-16(11-22(23)31-28(34)32-27(30)36)10-21-19-5-3-2-4-17(19)15-37-26-12-18(29)7-8-20(21)26/h2-12,24-25,35H,13-15H2,1H3,(H3,30,31,32,36)/t24-,25-/m0/s1. The zero-order chi connectivity index (χ0) is 25.7. The Labute approximate surface area is 212 Å². The van der Waals surface area contributed by atoms with E-state index in [4.69, 9.17) is 10.5 Å². The molecule has 0 saturated carbocycles. The van der Waals surface area contributed by atoms with Crippen molar-refractivity contribution in [2.75, 3.05) is 20.1 Å². The SMILES string of the molecule is CN1C[C@H](O)[C@@H](n2c(=NC(N)=O)[nH]c3cc(C=C4c5ccccc5COc5cc(F)ccc54)ccc32)C1. The van der Waals surface area contributed by atoms with Gasteiger partial charge >= 0.3 is 6.03 Å². The van der Waals surface area contributed by atoms with Gasteiger partial charge < -0.3 is 30.0 Å². The molecule has 4 N–H and O–H groups in total. The lowest BCUT2D eigenvalue weighted by Gasteiger charge is -2.16. The largest absolute Gasteiger partial charge is 0.488 e. The Balaban J connectivity index is 1.53. The molecular weight excluding hydrogens is 473 g/mol. The Kier molecular flexibility index (Phi) is 5.66. The number of benzene rings is 3. The number of nitrogens with two attached hydrogens (primary N) is 1. The van der Waals surface area contributed by atoms with Gasteiger partial charge in [0.1, 0.15) is 18.2 Å². The summed E-state index contributed by atoms with van der Waals surface area (Å²) in [6.07, 6.45) is 1.43. The van der Waals surface area contributed by atoms with Gasteiger partial charge in [-0.25, -0.2) is 9.18 Å². The van der Waals surface area contributed by atoms with Gasteiger partial charge in [-0.1, -0.05) is 30.3 Å². The number of β-amino-alcohol motifs (C(OH)–C–C–N with tert-alkyl or cyclic N) is 1. The van der Waals surface area contributed by atoms with Crippen LogP contribution in [0.2, 0.25) is 0 Å². The number of urea groups is 1. The highest BCUT2D eigenvalue weighted by Gasteiger charge is 2.32. The van der Waals surface area contributed by atoms with Crippen molar-refractivity contribution in [3.05, 3.63) is 94.4 Å². The zero-order valence-corrected chi connectivity index (χ0v) is 20.2. The van der Waals surface area contributed by atoms with Crippen molar-refractivity contribution in [1.82, 2.24) is 14.5 Å². The summed E-state index contributed by atoms with van der Waals surface area (Å²) >= 11 is 0. The first-order valence-corrected chi connectivity index (χ1v) is 12.0. The number of aromatic amines is 1. The van der Waals surface area contributed by atoms with Crippen molar-refractivity contribution in [2.45, 2.75) is 18.8 Å². The molecule has 1 fully saturated rings. The molecule has 0 bridgehead atoms. The average Bonchev–Trinajstić information content (AvgIpc) is 3.33. The van der Waals surface area contributed by atoms with Gasteiger partial charge in [0, 0.05) is 24.7 Å². The number of imidazole rings is 1. The summed E-state index contributed by atoms with van der Waals surface area (Å²) in [7, 11) is 1.94. The second kappa shape index (κ2) is 9.02. The molecule has 2 aliphatic rings. The highest BCUT2D eigenvalue weighted by Crippen LogP contribution is 2.38. The van der Waals surface area contributed by atoms with E-state index in [0.717, 1.165) is 38.9 Å². The van der Waals surface area contributed by atoms with Crippen molar-refractivity contribution in [3.63, 3.8) is 0 Å². The summed E-state index contributed by atoms with van der Waals surface area (Å²) in [5, 5.41) is 10.7. The molecular formula is C28H26FN5O3. The quantitative estimate of drug-likeness (QED) is 0.393. The number of carbonyl (C=O) groups is 1. The normalized spacial score (nSPS) is 21.1. The van der Waals surface area contributed by atoms with E-state index in [1.54, 1.807) is 6.07 Å². The molecule has 0 radical (unpaired) electrons. The monoisotopic (exact) mass is 499 g/mol. The lowest BCUT2D eigenvalue weighted by Crippen LogP contribution is -2.32. The number of ether oxygens (including phenoxy) is 1. The van der Waals surface area contributed by atoms with Gasteiger partial charge in [0.2, 0.25) is 5.62 Å². The van der Waals surface area contributed by atoms with Crippen molar-refractivity contribution in [1.29, 1.82) is 0 Å². The second-order valence-electron chi connectivity index (χ2n) is 9.55. The molecule has 8 nitrogen and oxygen atoms in total. The maximum absolute atomic E-state index is 14.0. The molecule has 0 aliphatic carbocycles. The Morgan fingerprint density at radius 3 is 2.78 bits per heavy atom. The van der Waals surface area contributed by atoms with E-state index >= 15 is 0 Å². The van der Waals surface area contributed by atoms with Crippen LogP contribution in [0.15, 0.2) is 65.7 Å². The molecule has 3 aromatic carbocycles. The minimum absolute atomic E-state index is 0.284. The van der Waals surface area contributed by atoms with Crippen LogP contribution in [0, 0.1) is 5.82 Å². The van der Waals surface area contributed by atoms with Gasteiger partial charge in [-0.15, -0.1) is 0 Å². The van der Waals surface area contributed by atoms with Crippen molar-refractivity contribution in [3.8, 4) is 5.75 Å². The topological polar surface area (TPSA) is 109 Å². The number of carbonyl (C=O) groups excluding carboxylic acids is 1. The number of nitrogens with zero attached hydrogens (tertiary/aromatic N) is 3. The van der Waals surface area contributed by atoms with Crippen LogP contribution in [0.1, 0.15) is 28.3 Å². The number of halogens is 1. The number of hydrogen-bond donors (Lipinski definition) is 3. The number of aromatic nitrogens is 2. The summed E-state index contributed by atoms with van der Waals surface area (Å²) in [6, 6.07) is 17.3. The Morgan fingerprint density at radius 2 is 2.00 bits per heavy atom. The number of primary amides is 1. The Bertz CT molecular complexity index is 1640. The van der Waals surface area contributed by atoms with Crippen LogP contribution in [-0.4, -0.2) is 51.8 Å². The predicted molar refractivity (Wildman–Crippen MR) is 138 cm³/mol. The van der Waals surface area contributed by atoms with Crippen LogP contribution in [0.5, 0.6) is 5.75 Å². The first-order valence-electron chi connectivity index (χ1n) is 12.0. The van der Waals surface area contributed by atoms with Crippen LogP contribution < -0.4 is 16.1 Å². The van der Waals surface area contributed by atoms with Gasteiger partial charge in [0.15, 0.2) is 0 Å². The summed E-state index contributed by atoms with van der Waals surface area (Å²) in [5.41, 5.74) is 11.8. The lowest BCUT2D eigenvalue weighted by molar-refractivity contribution is 0.146. The zero-order valence-electron chi connectivity index (χ0n) is 20.2. The highest BCUT2D eigenvalue weighted by molar-refractivity contribution is 5.95. The first-order chi connectivity index (χ1) is 17.9. The molecule has 0 spiro atoms. The molecule has 6 rings (SSSR count). The number of rotatable bonds is 2. The minimum atomic E-state index is -0.817. The lowest BCUT2D eigenvalue weighted by atomic mass is 9.92. The molecule has 1 saturated heterocycles. The third-order valence-electron chi connectivity index (χ3n) is 6.98. The molecule has 2 amide bonds. The molecule has 2 aliphatic heterocycles. The number of fused-ring (bicyclic) bond motifs is 3. The van der Waals surface area contributed by atoms with Gasteiger partial charge in [-0.3, -0.25) is 0 Å². The number of hydrogen-bond acceptors (Lipinski definition) is 4. The predicted octanol–water partition coefficient (Wildman–Crippen LogP) is 3.42. The number of aliphatic hydroxyl groups is 1. The fourth-order valence-corrected chi connectivity index (χ4v) is 5.35. The molecule has 0 unspecified atom stereocenters. The van der Waals surface area contributed by atoms with Crippen LogP contribution in [0.4, 0.5) is 9.18 Å². The Morgan fingerprint density at radius 1 is 1.16 bits per heavy atom. The smallest absolute Gasteiger partial charge is 0.341 e. The second-order valence-corrected chi connectivity index (χ2v) is 9.55. The first kappa shape index (κ1) is 23.2. The van der Waals surface area contributed by atoms with Gasteiger partial charge in [0.25, 0.3) is 0 Å². The fourth-order valence-electron chi connectivity index (χ4n) is 5.35. The van der Waals surface area contributed by atoms with Gasteiger partial charge in [0.05, 0.1) is 23.2 Å². The summed E-state index contributed by atoms with van der Waals surface area (Å²) in [4.78, 5) is 20.9. The molecule has 3 heterocycles. The summed E-state index contributed by atoms with van der Waals surface area (Å²) in [5.74, 6) is 0.134. The van der Waals surface area contributed by atoms with E-state index in [1.807, 2.05) is 65.1 Å². The van der Waals surface area contributed by atoms with Crippen LogP contribution in [0.3, 0.4) is 0 Å². The minimum Gasteiger partial charge on any atom is -0.488 e. The van der Waals surface area contributed by atoms with Gasteiger partial charge in [-0.05, 0) is 59.7 Å². The van der Waals surface area contributed by atoms with E-state index in [1.165, 1.54) is 12.1 Å². The fraction of sp³-hybridized carbons (Fsp3) is 0.214. The van der Waals surface area contributed by atoms with E-state index in [-0.39, 0.29) is 11.9 Å². The maximum atomic E-state index is 14.0. The molecule has 1 aromatic heterocycles. The number of likely N-dealkylation sites (N-methyl/N-ethyl adjacent to an activating group) is 1. The van der Waals surface area contributed by atoms with Crippen molar-refractivity contribution >= 4 is 28.7 Å². The van der Waals surface area contributed by atoms with Gasteiger partial charge in [-0.2, -0.15) is 4.99 Å². The third kappa shape index (κ3) is 4.22. The Hall–Kier alpha value is -4.21. The molecule has 37 heavy (non-hydrogen) atoms. The molecule has 188 valence electrons. The average molecular weight is 500 g/mol. The number of H-pyrrole nitrogens is 1. The van der Waals surface area contributed by atoms with Crippen molar-refractivity contribution in [2.24, 2.45) is 10.7 Å². The van der Waals surface area contributed by atoms with Crippen molar-refractivity contribution < 1.29 is 19.0 Å². The van der Waals surface area contributed by atoms with Crippen LogP contribution in [0.25, 0.3) is 22.7 Å². The van der Waals surface area contributed by atoms with Crippen LogP contribution in [-0.2, 0) is 6.61 Å². The van der Waals surface area contributed by atoms with E-state index < -0.39 is 12.1 Å².